The standard InChI is InChI=1S/C11H15NOSi/c1-14-11-4-2-10(3-5-11)12-6-8-13-9-7-12/h2-5H,6-9H2,1H3. The van der Waals surface area contributed by atoms with Crippen LogP contribution in [-0.2, 0) is 4.74 Å². The largest absolute Gasteiger partial charge is 0.378 e. The molecule has 2 nitrogen and oxygen atoms in total. The van der Waals surface area contributed by atoms with Crippen LogP contribution in [-0.4, -0.2) is 35.8 Å². The maximum atomic E-state index is 5.33. The van der Waals surface area contributed by atoms with Crippen molar-refractivity contribution < 1.29 is 4.74 Å². The highest BCUT2D eigenvalue weighted by molar-refractivity contribution is 6.51. The lowest BCUT2D eigenvalue weighted by Crippen LogP contribution is -2.36. The molecule has 0 aromatic heterocycles. The van der Waals surface area contributed by atoms with Crippen molar-refractivity contribution in [2.24, 2.45) is 0 Å². The Hall–Kier alpha value is -0.803. The Bertz CT molecular complexity index is 280. The molecule has 0 unspecified atom stereocenters. The number of ether oxygens (including phenoxy) is 1. The van der Waals surface area contributed by atoms with Gasteiger partial charge in [-0.15, -0.1) is 0 Å². The summed E-state index contributed by atoms with van der Waals surface area (Å²) in [6.07, 6.45) is 0. The van der Waals surface area contributed by atoms with Crippen molar-refractivity contribution in [1.82, 2.24) is 0 Å². The van der Waals surface area contributed by atoms with Crippen LogP contribution in [0.3, 0.4) is 0 Å². The lowest BCUT2D eigenvalue weighted by Gasteiger charge is -2.28. The van der Waals surface area contributed by atoms with Gasteiger partial charge in [-0.3, -0.25) is 0 Å². The molecule has 1 aromatic rings. The summed E-state index contributed by atoms with van der Waals surface area (Å²) in [5.41, 5.74) is 1.33. The molecular formula is C11H15NOSi. The molecule has 2 rings (SSSR count). The summed E-state index contributed by atoms with van der Waals surface area (Å²) in [4.78, 5) is 2.38. The summed E-state index contributed by atoms with van der Waals surface area (Å²) in [6, 6.07) is 8.89. The van der Waals surface area contributed by atoms with Gasteiger partial charge in [-0.1, -0.05) is 23.9 Å². The molecule has 0 bridgehead atoms. The number of rotatable bonds is 2. The quantitative estimate of drug-likeness (QED) is 0.665. The average molecular weight is 205 g/mol. The van der Waals surface area contributed by atoms with E-state index in [9.17, 15) is 0 Å². The zero-order chi connectivity index (χ0) is 9.80. The second kappa shape index (κ2) is 4.62. The molecule has 1 aromatic carbocycles. The molecule has 1 aliphatic rings. The molecule has 1 fully saturated rings. The molecule has 1 heterocycles. The van der Waals surface area contributed by atoms with Gasteiger partial charge in [0.1, 0.15) is 0 Å². The van der Waals surface area contributed by atoms with E-state index in [0.717, 1.165) is 35.8 Å². The van der Waals surface area contributed by atoms with Gasteiger partial charge >= 0.3 is 0 Å². The molecule has 14 heavy (non-hydrogen) atoms. The first kappa shape index (κ1) is 9.74. The second-order valence-electron chi connectivity index (χ2n) is 3.40. The molecule has 74 valence electrons. The van der Waals surface area contributed by atoms with Crippen LogP contribution in [0.5, 0.6) is 0 Å². The Labute approximate surface area is 87.7 Å². The van der Waals surface area contributed by atoms with E-state index in [1.165, 1.54) is 10.9 Å². The van der Waals surface area contributed by atoms with Gasteiger partial charge in [0.15, 0.2) is 0 Å². The number of hydrogen-bond donors (Lipinski definition) is 0. The van der Waals surface area contributed by atoms with Crippen molar-refractivity contribution in [2.45, 2.75) is 6.55 Å². The predicted octanol–water partition coefficient (Wildman–Crippen LogP) is 0.901. The minimum Gasteiger partial charge on any atom is -0.378 e. The highest BCUT2D eigenvalue weighted by Crippen LogP contribution is 2.13. The summed E-state index contributed by atoms with van der Waals surface area (Å²) in [5, 5.41) is 1.43. The zero-order valence-electron chi connectivity index (χ0n) is 8.49. The molecule has 0 atom stereocenters. The van der Waals surface area contributed by atoms with Crippen molar-refractivity contribution >= 4 is 20.4 Å². The minimum atomic E-state index is 0.858. The molecule has 2 radical (unpaired) electrons. The van der Waals surface area contributed by atoms with Crippen LogP contribution < -0.4 is 10.1 Å². The monoisotopic (exact) mass is 205 g/mol. The minimum absolute atomic E-state index is 0.858. The zero-order valence-corrected chi connectivity index (χ0v) is 9.49. The van der Waals surface area contributed by atoms with Crippen molar-refractivity contribution in [3.63, 3.8) is 0 Å². The number of morpholine rings is 1. The van der Waals surface area contributed by atoms with Crippen LogP contribution in [0.2, 0.25) is 6.55 Å². The third-order valence-electron chi connectivity index (χ3n) is 2.53. The smallest absolute Gasteiger partial charge is 0.0773 e. The summed E-state index contributed by atoms with van der Waals surface area (Å²) < 4.78 is 5.33. The van der Waals surface area contributed by atoms with E-state index >= 15 is 0 Å². The predicted molar refractivity (Wildman–Crippen MR) is 60.7 cm³/mol. The summed E-state index contributed by atoms with van der Waals surface area (Å²) in [5.74, 6) is 0. The first-order chi connectivity index (χ1) is 6.90. The van der Waals surface area contributed by atoms with E-state index < -0.39 is 0 Å². The Morgan fingerprint density at radius 1 is 1.14 bits per heavy atom. The van der Waals surface area contributed by atoms with Gasteiger partial charge in [0, 0.05) is 18.8 Å². The molecule has 0 amide bonds. The molecule has 0 N–H and O–H groups in total. The van der Waals surface area contributed by atoms with Gasteiger partial charge in [-0.2, -0.15) is 0 Å². The van der Waals surface area contributed by atoms with E-state index in [1.807, 2.05) is 0 Å². The topological polar surface area (TPSA) is 12.5 Å². The molecule has 3 heteroatoms. The van der Waals surface area contributed by atoms with Crippen molar-refractivity contribution in [3.05, 3.63) is 24.3 Å². The number of hydrogen-bond acceptors (Lipinski definition) is 2. The maximum Gasteiger partial charge on any atom is 0.0773 e. The molecule has 0 saturated carbocycles. The van der Waals surface area contributed by atoms with Crippen LogP contribution in [0.25, 0.3) is 0 Å². The number of nitrogens with zero attached hydrogens (tertiary/aromatic N) is 1. The fourth-order valence-electron chi connectivity index (χ4n) is 1.66. The number of anilines is 1. The van der Waals surface area contributed by atoms with Gasteiger partial charge in [0.2, 0.25) is 0 Å². The Balaban J connectivity index is 2.07. The number of benzene rings is 1. The van der Waals surface area contributed by atoms with Gasteiger partial charge in [0.25, 0.3) is 0 Å². The highest BCUT2D eigenvalue weighted by atomic mass is 28.2. The molecule has 1 saturated heterocycles. The van der Waals surface area contributed by atoms with Crippen LogP contribution in [0, 0.1) is 0 Å². The van der Waals surface area contributed by atoms with Crippen molar-refractivity contribution in [2.75, 3.05) is 31.2 Å². The first-order valence-corrected chi connectivity index (χ1v) is 6.50. The summed E-state index contributed by atoms with van der Waals surface area (Å²) in [7, 11) is 0.892. The normalized spacial score (nSPS) is 17.1. The van der Waals surface area contributed by atoms with Crippen molar-refractivity contribution in [3.8, 4) is 0 Å². The SMILES string of the molecule is C[Si]c1ccc(N2CCOCC2)cc1. The average Bonchev–Trinajstić information content (AvgIpc) is 2.30. The summed E-state index contributed by atoms with van der Waals surface area (Å²) >= 11 is 0. The van der Waals surface area contributed by atoms with E-state index in [4.69, 9.17) is 4.74 Å². The van der Waals surface area contributed by atoms with Gasteiger partial charge in [0.05, 0.1) is 22.7 Å². The fourth-order valence-corrected chi connectivity index (χ4v) is 2.16. The van der Waals surface area contributed by atoms with E-state index in [1.54, 1.807) is 0 Å². The van der Waals surface area contributed by atoms with Gasteiger partial charge < -0.3 is 9.64 Å². The fraction of sp³-hybridized carbons (Fsp3) is 0.455. The third kappa shape index (κ3) is 2.16. The van der Waals surface area contributed by atoms with Crippen LogP contribution >= 0.6 is 0 Å². The van der Waals surface area contributed by atoms with Crippen molar-refractivity contribution in [1.29, 1.82) is 0 Å². The first-order valence-electron chi connectivity index (χ1n) is 5.00. The lowest BCUT2D eigenvalue weighted by atomic mass is 10.2. The Morgan fingerprint density at radius 2 is 1.79 bits per heavy atom. The van der Waals surface area contributed by atoms with E-state index in [0.29, 0.717) is 0 Å². The molecule has 1 aliphatic heterocycles. The van der Waals surface area contributed by atoms with Crippen LogP contribution in [0.15, 0.2) is 24.3 Å². The van der Waals surface area contributed by atoms with Gasteiger partial charge in [-0.25, -0.2) is 0 Å². The molecular weight excluding hydrogens is 190 g/mol. The van der Waals surface area contributed by atoms with Crippen LogP contribution in [0.1, 0.15) is 0 Å². The molecule has 0 aliphatic carbocycles. The summed E-state index contributed by atoms with van der Waals surface area (Å²) in [6.45, 7) is 5.97. The maximum absolute atomic E-state index is 5.33. The van der Waals surface area contributed by atoms with E-state index in [2.05, 4.69) is 35.7 Å². The second-order valence-corrected chi connectivity index (χ2v) is 4.47. The Kier molecular flexibility index (Phi) is 3.21. The third-order valence-corrected chi connectivity index (χ3v) is 3.44. The van der Waals surface area contributed by atoms with Gasteiger partial charge in [-0.05, 0) is 12.1 Å². The lowest BCUT2D eigenvalue weighted by molar-refractivity contribution is 0.122. The van der Waals surface area contributed by atoms with E-state index in [-0.39, 0.29) is 0 Å². The van der Waals surface area contributed by atoms with Crippen LogP contribution in [0.4, 0.5) is 5.69 Å². The molecule has 0 spiro atoms. The highest BCUT2D eigenvalue weighted by Gasteiger charge is 2.10. The Morgan fingerprint density at radius 3 is 2.36 bits per heavy atom.